The number of aromatic hydroxyl groups is 1. The molecule has 2 aliphatic carbocycles. The lowest BCUT2D eigenvalue weighted by atomic mass is 9.67. The van der Waals surface area contributed by atoms with E-state index in [-0.39, 0.29) is 22.4 Å². The van der Waals surface area contributed by atoms with Gasteiger partial charge >= 0.3 is 33.4 Å². The molecule has 0 spiro atoms. The zero-order chi connectivity index (χ0) is 72.9. The highest BCUT2D eigenvalue weighted by Gasteiger charge is 2.86. The zero-order valence-electron chi connectivity index (χ0n) is 55.6. The number of para-hydroxylation sites is 3. The molecule has 518 valence electrons. The first-order valence-electron chi connectivity index (χ1n) is 34.1. The van der Waals surface area contributed by atoms with Gasteiger partial charge in [0.05, 0.1) is 32.9 Å². The van der Waals surface area contributed by atoms with Gasteiger partial charge in [-0.2, -0.15) is 47.9 Å². The molecule has 0 bridgehead atoms. The van der Waals surface area contributed by atoms with Crippen LogP contribution in [-0.4, -0.2) is 45.9 Å². The van der Waals surface area contributed by atoms with Gasteiger partial charge < -0.3 is 18.4 Å². The first kappa shape index (κ1) is 65.6. The molecule has 2 aliphatic rings. The van der Waals surface area contributed by atoms with E-state index in [1.807, 2.05) is 180 Å². The number of fused-ring (bicyclic) bond motifs is 12. The Hall–Kier alpha value is -12.4. The summed E-state index contributed by atoms with van der Waals surface area (Å²) < 4.78 is 171. The van der Waals surface area contributed by atoms with Gasteiger partial charge in [0.25, 0.3) is 0 Å². The molecule has 1 N–H and O–H groups in total. The molecule has 2 aromatic heterocycles. The van der Waals surface area contributed by atoms with Crippen LogP contribution in [0.2, 0.25) is 0 Å². The summed E-state index contributed by atoms with van der Waals surface area (Å²) in [6.45, 7) is 0. The maximum atomic E-state index is 16.2. The van der Waals surface area contributed by atoms with Crippen LogP contribution in [0.3, 0.4) is 0 Å². The number of hydrogen-bond donors (Lipinski definition) is 1. The van der Waals surface area contributed by atoms with Crippen molar-refractivity contribution >= 4 is 53.7 Å². The van der Waals surface area contributed by atoms with Crippen LogP contribution in [0.25, 0.3) is 111 Å². The number of alkyl halides is 9. The van der Waals surface area contributed by atoms with Crippen molar-refractivity contribution in [2.75, 3.05) is 0 Å². The number of rotatable bonds is 14. The molecular weight excluding hydrogens is 1380 g/mol. The van der Waals surface area contributed by atoms with Crippen LogP contribution in [0.4, 0.5) is 39.5 Å². The Labute approximate surface area is 601 Å². The summed E-state index contributed by atoms with van der Waals surface area (Å²) in [6.07, 6.45) is -7.33. The number of phenols is 1. The topological polar surface area (TPSA) is 73.5 Å². The molecule has 0 amide bonds. The van der Waals surface area contributed by atoms with Crippen LogP contribution in [0.15, 0.2) is 328 Å². The third-order valence-corrected chi connectivity index (χ3v) is 22.6. The van der Waals surface area contributed by atoms with Gasteiger partial charge in [0.1, 0.15) is 5.75 Å². The Morgan fingerprint density at radius 1 is 0.302 bits per heavy atom. The normalized spacial score (nSPS) is 14.9. The lowest BCUT2D eigenvalue weighted by molar-refractivity contribution is -0.382. The van der Waals surface area contributed by atoms with Crippen LogP contribution in [-0.2, 0) is 20.9 Å². The van der Waals surface area contributed by atoms with Crippen LogP contribution in [0.5, 0.6) is 11.5 Å². The summed E-state index contributed by atoms with van der Waals surface area (Å²) in [5.41, 5.74) is 14.2. The minimum Gasteiger partial charge on any atom is -0.507 e. The molecule has 16 aromatic rings. The molecule has 106 heavy (non-hydrogen) atoms. The van der Waals surface area contributed by atoms with Crippen molar-refractivity contribution < 1.29 is 57.2 Å². The summed E-state index contributed by atoms with van der Waals surface area (Å²) in [6, 6.07) is 103. The minimum atomic E-state index is -7.59. The average Bonchev–Trinajstić information content (AvgIpc) is 1.53. The molecule has 6 nitrogen and oxygen atoms in total. The summed E-state index contributed by atoms with van der Waals surface area (Å²) in [5.74, 6) is -16.1. The van der Waals surface area contributed by atoms with Crippen molar-refractivity contribution in [3.05, 3.63) is 372 Å². The van der Waals surface area contributed by atoms with E-state index >= 15 is 17.6 Å². The summed E-state index contributed by atoms with van der Waals surface area (Å²) in [7, 11) is -7.52. The fraction of sp³-hybridized carbons (Fsp3) is 0.0667. The van der Waals surface area contributed by atoms with Crippen molar-refractivity contribution in [2.45, 2.75) is 34.1 Å². The Bertz CT molecular complexity index is 6310. The van der Waals surface area contributed by atoms with Crippen molar-refractivity contribution in [2.24, 2.45) is 0 Å². The predicted octanol–water partition coefficient (Wildman–Crippen LogP) is 23.4. The second-order valence-electron chi connectivity index (χ2n) is 26.8. The number of phenolic OH excluding ortho intramolecular Hbond substituents is 1. The third-order valence-electron chi connectivity index (χ3n) is 21.3. The van der Waals surface area contributed by atoms with Crippen LogP contribution in [0, 0.1) is 0 Å². The first-order chi connectivity index (χ1) is 51.1. The molecule has 0 fully saturated rings. The molecule has 1 atom stereocenters. The molecule has 1 unspecified atom stereocenters. The highest BCUT2D eigenvalue weighted by molar-refractivity contribution is 7.88. The monoisotopic (exact) mass is 1430 g/mol. The molecule has 2 heterocycles. The molecule has 14 aromatic carbocycles. The van der Waals surface area contributed by atoms with E-state index in [0.29, 0.717) is 49.7 Å². The first-order valence-corrected chi connectivity index (χ1v) is 35.5. The largest absolute Gasteiger partial charge is 0.507 e. The van der Waals surface area contributed by atoms with Gasteiger partial charge in [-0.25, -0.2) is 0 Å². The maximum absolute atomic E-state index is 16.2. The smallest absolute Gasteiger partial charge is 0.460 e. The number of nitrogens with zero attached hydrogens (tertiary/aromatic N) is 2. The molecular formula is C90H55F9N2O4S. The van der Waals surface area contributed by atoms with Crippen molar-refractivity contribution in [3.63, 3.8) is 0 Å². The SMILES string of the molecule is O=S(=O)(Oc1cc2c(cc1-c1ccc3c(c1)c1ccccc1n3-c1ccccc1)-c1ccccc1C2(c1ccccc1)c1ccc(-c2ccc3c(c2)c2cc(-c4cc5c(cc4O)C(c4ccccc4)(c4ccccc4)c4ccccc4-5)ccc2n3-c2ccccc2)cc1)C(F)(F)C(F)(F)C(F)(F)C(F)(F)F. The highest BCUT2D eigenvalue weighted by Crippen LogP contribution is 2.62. The number of hydrogen-bond acceptors (Lipinski definition) is 4. The highest BCUT2D eigenvalue weighted by atomic mass is 32.2. The molecule has 0 saturated heterocycles. The summed E-state index contributed by atoms with van der Waals surface area (Å²) >= 11 is 0. The minimum absolute atomic E-state index is 0.0769. The Kier molecular flexibility index (Phi) is 14.7. The standard InChI is InChI=1S/C90H55F9N2O4S/c91-87(92,89(95,96)97)88(93,94)90(98,99)106(103,104)105-84-54-78-71(52-69(84)58-42-47-80-72(50-58)67-34-18-21-37-79(67)100(80)63-28-12-4-13-29-63)66-33-17-20-36-76(66)86(78,61-26-10-3-11-27-61)62-43-38-55(39-44-62)56-40-45-81-73(48-56)74-49-57(41-46-82(74)101(81)64-30-14-5-15-31-64)68-51-70-65-32-16-19-35-75(65)85(77(70)53-83(68)102,59-22-6-1-7-23-59)60-24-8-2-9-25-60/h1-54,102H. The van der Waals surface area contributed by atoms with Gasteiger partial charge in [-0.05, 0) is 180 Å². The van der Waals surface area contributed by atoms with E-state index in [4.69, 9.17) is 4.18 Å². The number of benzene rings is 14. The van der Waals surface area contributed by atoms with Crippen LogP contribution >= 0.6 is 0 Å². The van der Waals surface area contributed by atoms with E-state index in [0.717, 1.165) is 94.8 Å². The fourth-order valence-corrected chi connectivity index (χ4v) is 17.5. The van der Waals surface area contributed by atoms with Crippen molar-refractivity contribution in [3.8, 4) is 78.5 Å². The maximum Gasteiger partial charge on any atom is 0.460 e. The summed E-state index contributed by atoms with van der Waals surface area (Å²) in [5, 5.41) is 8.36. The molecule has 0 radical (unpaired) electrons. The van der Waals surface area contributed by atoms with Gasteiger partial charge in [0.15, 0.2) is 5.75 Å². The van der Waals surface area contributed by atoms with Gasteiger partial charge in [0.2, 0.25) is 0 Å². The fourth-order valence-electron chi connectivity index (χ4n) is 16.6. The Morgan fingerprint density at radius 2 is 0.670 bits per heavy atom. The lowest BCUT2D eigenvalue weighted by Gasteiger charge is -2.34. The molecule has 18 rings (SSSR count). The molecule has 0 aliphatic heterocycles. The second kappa shape index (κ2) is 23.8. The van der Waals surface area contributed by atoms with Crippen LogP contribution < -0.4 is 4.18 Å². The van der Waals surface area contributed by atoms with E-state index in [1.165, 1.54) is 12.1 Å². The van der Waals surface area contributed by atoms with Crippen molar-refractivity contribution in [1.82, 2.24) is 9.13 Å². The van der Waals surface area contributed by atoms with Gasteiger partial charge in [0, 0.05) is 44.0 Å². The van der Waals surface area contributed by atoms with Gasteiger partial charge in [-0.1, -0.05) is 237 Å². The van der Waals surface area contributed by atoms with Gasteiger partial charge in [-0.3, -0.25) is 0 Å². The summed E-state index contributed by atoms with van der Waals surface area (Å²) in [4.78, 5) is 0. The quantitative estimate of drug-likeness (QED) is 0.0870. The van der Waals surface area contributed by atoms with E-state index < -0.39 is 50.0 Å². The predicted molar refractivity (Wildman–Crippen MR) is 398 cm³/mol. The van der Waals surface area contributed by atoms with E-state index in [2.05, 4.69) is 71.3 Å². The molecule has 16 heteroatoms. The number of aromatic nitrogens is 2. The average molecular weight is 1430 g/mol. The van der Waals surface area contributed by atoms with E-state index in [1.54, 1.807) is 66.7 Å². The van der Waals surface area contributed by atoms with Crippen molar-refractivity contribution in [1.29, 1.82) is 0 Å². The lowest BCUT2D eigenvalue weighted by Crippen LogP contribution is -2.63. The molecule has 0 saturated carbocycles. The zero-order valence-corrected chi connectivity index (χ0v) is 56.4. The Morgan fingerprint density at radius 3 is 1.16 bits per heavy atom. The third kappa shape index (κ3) is 9.41. The Balaban J connectivity index is 0.802. The number of halogens is 9. The van der Waals surface area contributed by atoms with Crippen LogP contribution in [0.1, 0.15) is 44.5 Å². The van der Waals surface area contributed by atoms with E-state index in [9.17, 15) is 35.5 Å². The van der Waals surface area contributed by atoms with Gasteiger partial charge in [-0.15, -0.1) is 0 Å². The second-order valence-corrected chi connectivity index (χ2v) is 28.4.